The van der Waals surface area contributed by atoms with Gasteiger partial charge in [-0.1, -0.05) is 18.2 Å². The Kier molecular flexibility index (Phi) is 5.37. The van der Waals surface area contributed by atoms with Crippen molar-refractivity contribution in [1.29, 1.82) is 0 Å². The van der Waals surface area contributed by atoms with Gasteiger partial charge in [0.2, 0.25) is 0 Å². The molecule has 2 heterocycles. The first-order valence-electron chi connectivity index (χ1n) is 9.52. The van der Waals surface area contributed by atoms with Crippen LogP contribution < -0.4 is 15.0 Å². The van der Waals surface area contributed by atoms with Crippen molar-refractivity contribution in [3.8, 4) is 5.75 Å². The Morgan fingerprint density at radius 2 is 1.89 bits per heavy atom. The second-order valence-electron chi connectivity index (χ2n) is 6.89. The van der Waals surface area contributed by atoms with E-state index in [4.69, 9.17) is 9.72 Å². The van der Waals surface area contributed by atoms with Gasteiger partial charge in [-0.25, -0.2) is 9.37 Å². The zero-order valence-electron chi connectivity index (χ0n) is 15.5. The van der Waals surface area contributed by atoms with E-state index in [0.717, 1.165) is 29.8 Å². The summed E-state index contributed by atoms with van der Waals surface area (Å²) < 4.78 is 19.0. The van der Waals surface area contributed by atoms with Crippen molar-refractivity contribution in [2.75, 3.05) is 29.9 Å². The van der Waals surface area contributed by atoms with Gasteiger partial charge < -0.3 is 15.0 Å². The van der Waals surface area contributed by atoms with Gasteiger partial charge in [0.1, 0.15) is 22.9 Å². The molecule has 1 amide bonds. The third kappa shape index (κ3) is 4.22. The fourth-order valence-electron chi connectivity index (χ4n) is 3.43. The Morgan fingerprint density at radius 3 is 2.71 bits per heavy atom. The van der Waals surface area contributed by atoms with Crippen molar-refractivity contribution in [2.24, 2.45) is 0 Å². The Hall–Kier alpha value is -3.15. The van der Waals surface area contributed by atoms with Crippen LogP contribution in [0.2, 0.25) is 0 Å². The molecule has 0 radical (unpaired) electrons. The zero-order valence-corrected chi connectivity index (χ0v) is 15.5. The molecule has 1 aliphatic rings. The summed E-state index contributed by atoms with van der Waals surface area (Å²) in [5.41, 5.74) is 1.14. The lowest BCUT2D eigenvalue weighted by molar-refractivity contribution is -0.118. The first-order valence-corrected chi connectivity index (χ1v) is 9.52. The molecule has 2 aromatic carbocycles. The fraction of sp³-hybridized carbons (Fsp3) is 0.273. The maximum atomic E-state index is 13.2. The van der Waals surface area contributed by atoms with Gasteiger partial charge in [-0.2, -0.15) is 0 Å². The number of rotatable bonds is 5. The Bertz CT molecular complexity index is 986. The topological polar surface area (TPSA) is 54.5 Å². The van der Waals surface area contributed by atoms with Crippen LogP contribution in [0.5, 0.6) is 5.75 Å². The third-order valence-corrected chi connectivity index (χ3v) is 4.82. The summed E-state index contributed by atoms with van der Waals surface area (Å²) in [6.07, 6.45) is 3.62. The van der Waals surface area contributed by atoms with E-state index in [0.29, 0.717) is 11.4 Å². The third-order valence-electron chi connectivity index (χ3n) is 4.82. The number of carbonyl (C=O) groups excluding carboxylic acids is 1. The minimum atomic E-state index is -0.401. The van der Waals surface area contributed by atoms with Crippen molar-refractivity contribution < 1.29 is 13.9 Å². The number of pyridine rings is 1. The number of fused-ring (bicyclic) bond motifs is 1. The fourth-order valence-corrected chi connectivity index (χ4v) is 3.43. The van der Waals surface area contributed by atoms with Gasteiger partial charge in [0.05, 0.1) is 0 Å². The molecule has 1 aromatic heterocycles. The van der Waals surface area contributed by atoms with Crippen LogP contribution in [0, 0.1) is 5.82 Å². The average Bonchev–Trinajstić information content (AvgIpc) is 2.72. The molecular weight excluding hydrogens is 357 g/mol. The number of benzene rings is 2. The molecule has 1 saturated heterocycles. The van der Waals surface area contributed by atoms with Crippen molar-refractivity contribution in [2.45, 2.75) is 19.3 Å². The van der Waals surface area contributed by atoms with E-state index in [1.165, 1.54) is 31.4 Å². The summed E-state index contributed by atoms with van der Waals surface area (Å²) in [5, 5.41) is 3.59. The van der Waals surface area contributed by atoms with E-state index >= 15 is 0 Å². The largest absolute Gasteiger partial charge is 0.481 e. The number of carbonyl (C=O) groups is 1. The van der Waals surface area contributed by atoms with Crippen LogP contribution in [0.3, 0.4) is 0 Å². The number of nitrogens with one attached hydrogen (secondary N) is 1. The quantitative estimate of drug-likeness (QED) is 0.715. The molecule has 1 fully saturated rings. The second kappa shape index (κ2) is 8.25. The van der Waals surface area contributed by atoms with Crippen LogP contribution in [-0.2, 0) is 4.79 Å². The first-order chi connectivity index (χ1) is 13.7. The van der Waals surface area contributed by atoms with E-state index in [1.807, 2.05) is 30.3 Å². The SMILES string of the molecule is O=C(COc1cccc2ccc(N3CCCCC3)nc12)Nc1cccc(F)c1. The summed E-state index contributed by atoms with van der Waals surface area (Å²) >= 11 is 0. The summed E-state index contributed by atoms with van der Waals surface area (Å²) in [7, 11) is 0. The molecule has 144 valence electrons. The van der Waals surface area contributed by atoms with Gasteiger partial charge in [0.25, 0.3) is 5.91 Å². The number of amides is 1. The maximum Gasteiger partial charge on any atom is 0.262 e. The van der Waals surface area contributed by atoms with Crippen LogP contribution in [-0.4, -0.2) is 30.6 Å². The van der Waals surface area contributed by atoms with E-state index in [2.05, 4.69) is 10.2 Å². The normalized spacial score (nSPS) is 14.1. The van der Waals surface area contributed by atoms with Gasteiger partial charge in [0.15, 0.2) is 6.61 Å². The lowest BCUT2D eigenvalue weighted by Crippen LogP contribution is -2.30. The lowest BCUT2D eigenvalue weighted by atomic mass is 10.1. The highest BCUT2D eigenvalue weighted by atomic mass is 19.1. The van der Waals surface area contributed by atoms with E-state index < -0.39 is 5.82 Å². The van der Waals surface area contributed by atoms with Gasteiger partial charge in [-0.05, 0) is 55.7 Å². The highest BCUT2D eigenvalue weighted by molar-refractivity contribution is 5.92. The number of aromatic nitrogens is 1. The molecular formula is C22H22FN3O2. The van der Waals surface area contributed by atoms with Gasteiger partial charge >= 0.3 is 0 Å². The number of hydrogen-bond acceptors (Lipinski definition) is 4. The molecule has 0 spiro atoms. The van der Waals surface area contributed by atoms with Crippen LogP contribution in [0.1, 0.15) is 19.3 Å². The number of para-hydroxylation sites is 1. The van der Waals surface area contributed by atoms with Gasteiger partial charge in [-0.3, -0.25) is 4.79 Å². The molecule has 4 rings (SSSR count). The smallest absolute Gasteiger partial charge is 0.262 e. The van der Waals surface area contributed by atoms with Gasteiger partial charge in [0, 0.05) is 24.2 Å². The monoisotopic (exact) mass is 379 g/mol. The summed E-state index contributed by atoms with van der Waals surface area (Å²) in [5.74, 6) is 0.746. The maximum absolute atomic E-state index is 13.2. The Balaban J connectivity index is 1.48. The standard InChI is InChI=1S/C22H22FN3O2/c23-17-7-5-8-18(14-17)24-21(27)15-28-19-9-4-6-16-10-11-20(25-22(16)19)26-12-2-1-3-13-26/h4-11,14H,1-3,12-13,15H2,(H,24,27). The molecule has 0 atom stereocenters. The molecule has 1 aliphatic heterocycles. The Labute approximate surface area is 163 Å². The first kappa shape index (κ1) is 18.2. The van der Waals surface area contributed by atoms with E-state index in [9.17, 15) is 9.18 Å². The predicted molar refractivity (Wildman–Crippen MR) is 108 cm³/mol. The highest BCUT2D eigenvalue weighted by Gasteiger charge is 2.14. The average molecular weight is 379 g/mol. The molecule has 0 saturated carbocycles. The lowest BCUT2D eigenvalue weighted by Gasteiger charge is -2.28. The Morgan fingerprint density at radius 1 is 1.07 bits per heavy atom. The molecule has 6 heteroatoms. The van der Waals surface area contributed by atoms with Gasteiger partial charge in [-0.15, -0.1) is 0 Å². The molecule has 28 heavy (non-hydrogen) atoms. The van der Waals surface area contributed by atoms with Crippen LogP contribution in [0.4, 0.5) is 15.9 Å². The number of anilines is 2. The van der Waals surface area contributed by atoms with Crippen molar-refractivity contribution >= 4 is 28.3 Å². The summed E-state index contributed by atoms with van der Waals surface area (Å²) in [6, 6.07) is 15.5. The summed E-state index contributed by atoms with van der Waals surface area (Å²) in [6.45, 7) is 1.85. The van der Waals surface area contributed by atoms with Crippen LogP contribution >= 0.6 is 0 Å². The van der Waals surface area contributed by atoms with Crippen LogP contribution in [0.25, 0.3) is 10.9 Å². The van der Waals surface area contributed by atoms with Crippen molar-refractivity contribution in [1.82, 2.24) is 4.98 Å². The van der Waals surface area contributed by atoms with Crippen molar-refractivity contribution in [3.63, 3.8) is 0 Å². The minimum Gasteiger partial charge on any atom is -0.481 e. The number of nitrogens with zero attached hydrogens (tertiary/aromatic N) is 2. The number of hydrogen-bond donors (Lipinski definition) is 1. The molecule has 3 aromatic rings. The number of ether oxygens (including phenoxy) is 1. The molecule has 0 unspecified atom stereocenters. The molecule has 1 N–H and O–H groups in total. The van der Waals surface area contributed by atoms with Crippen LogP contribution in [0.15, 0.2) is 54.6 Å². The van der Waals surface area contributed by atoms with E-state index in [-0.39, 0.29) is 12.5 Å². The number of piperidine rings is 1. The zero-order chi connectivity index (χ0) is 19.3. The minimum absolute atomic E-state index is 0.175. The number of halogens is 1. The highest BCUT2D eigenvalue weighted by Crippen LogP contribution is 2.27. The van der Waals surface area contributed by atoms with Crippen molar-refractivity contribution in [3.05, 3.63) is 60.4 Å². The summed E-state index contributed by atoms with van der Waals surface area (Å²) in [4.78, 5) is 19.2. The molecule has 0 bridgehead atoms. The molecule has 5 nitrogen and oxygen atoms in total. The second-order valence-corrected chi connectivity index (χ2v) is 6.89. The molecule has 0 aliphatic carbocycles. The predicted octanol–water partition coefficient (Wildman–Crippen LogP) is 4.38. The van der Waals surface area contributed by atoms with E-state index in [1.54, 1.807) is 12.1 Å².